The molecule has 0 saturated heterocycles. The third kappa shape index (κ3) is 3.03. The molecule has 0 saturated carbocycles. The lowest BCUT2D eigenvalue weighted by Gasteiger charge is -2.09. The van der Waals surface area contributed by atoms with Crippen molar-refractivity contribution in [2.75, 3.05) is 11.6 Å². The largest absolute Gasteiger partial charge is 0.472 e. The molecule has 1 amide bonds. The van der Waals surface area contributed by atoms with Gasteiger partial charge in [-0.1, -0.05) is 6.07 Å². The summed E-state index contributed by atoms with van der Waals surface area (Å²) < 4.78 is 27.8. The molecule has 1 aromatic heterocycles. The summed E-state index contributed by atoms with van der Waals surface area (Å²) >= 11 is 0. The minimum atomic E-state index is -3.30. The van der Waals surface area contributed by atoms with Gasteiger partial charge < -0.3 is 9.73 Å². The molecule has 1 N–H and O–H groups in total. The summed E-state index contributed by atoms with van der Waals surface area (Å²) in [5.74, 6) is -0.345. The molecule has 0 fully saturated rings. The van der Waals surface area contributed by atoms with Gasteiger partial charge in [0.1, 0.15) is 6.26 Å². The zero-order valence-electron chi connectivity index (χ0n) is 10.5. The molecule has 0 aliphatic carbocycles. The Balaban J connectivity index is 2.32. The van der Waals surface area contributed by atoms with E-state index in [4.69, 9.17) is 4.42 Å². The van der Waals surface area contributed by atoms with E-state index in [2.05, 4.69) is 5.32 Å². The minimum Gasteiger partial charge on any atom is -0.472 e. The zero-order chi connectivity index (χ0) is 14.0. The second-order valence-corrected chi connectivity index (χ2v) is 6.23. The van der Waals surface area contributed by atoms with Gasteiger partial charge in [0, 0.05) is 11.9 Å². The van der Waals surface area contributed by atoms with Crippen molar-refractivity contribution in [2.24, 2.45) is 0 Å². The maximum absolute atomic E-state index is 11.9. The Hall–Kier alpha value is -2.08. The fourth-order valence-corrected chi connectivity index (χ4v) is 2.20. The van der Waals surface area contributed by atoms with Gasteiger partial charge in [-0.15, -0.1) is 0 Å². The topological polar surface area (TPSA) is 76.4 Å². The van der Waals surface area contributed by atoms with E-state index in [9.17, 15) is 13.2 Å². The fourth-order valence-electron chi connectivity index (χ4n) is 1.55. The van der Waals surface area contributed by atoms with Crippen LogP contribution in [-0.4, -0.2) is 20.6 Å². The summed E-state index contributed by atoms with van der Waals surface area (Å²) in [6, 6.07) is 6.15. The van der Waals surface area contributed by atoms with Crippen LogP contribution in [0.3, 0.4) is 0 Å². The number of carbonyl (C=O) groups is 1. The molecule has 0 aliphatic heterocycles. The molecule has 0 spiro atoms. The van der Waals surface area contributed by atoms with Crippen LogP contribution in [0.4, 0.5) is 5.69 Å². The summed E-state index contributed by atoms with van der Waals surface area (Å²) in [6.45, 7) is 1.79. The van der Waals surface area contributed by atoms with E-state index in [1.165, 1.54) is 30.7 Å². The Bertz CT molecular complexity index is 702. The first-order valence-electron chi connectivity index (χ1n) is 5.52. The Labute approximate surface area is 111 Å². The molecule has 5 nitrogen and oxygen atoms in total. The van der Waals surface area contributed by atoms with Gasteiger partial charge in [-0.05, 0) is 30.7 Å². The number of sulfone groups is 1. The zero-order valence-corrected chi connectivity index (χ0v) is 11.3. The number of furan rings is 1. The summed E-state index contributed by atoms with van der Waals surface area (Å²) in [5, 5.41) is 2.66. The van der Waals surface area contributed by atoms with E-state index in [-0.39, 0.29) is 10.8 Å². The van der Waals surface area contributed by atoms with Gasteiger partial charge in [0.2, 0.25) is 0 Å². The number of carbonyl (C=O) groups excluding carboxylic acids is 1. The Kier molecular flexibility index (Phi) is 3.44. The van der Waals surface area contributed by atoms with Crippen LogP contribution < -0.4 is 5.32 Å². The second-order valence-electron chi connectivity index (χ2n) is 4.22. The van der Waals surface area contributed by atoms with Crippen LogP contribution in [0.5, 0.6) is 0 Å². The first-order chi connectivity index (χ1) is 8.88. The molecule has 0 aliphatic rings. The second kappa shape index (κ2) is 4.89. The SMILES string of the molecule is Cc1ccc(S(C)(=O)=O)cc1NC(=O)c1ccoc1. The van der Waals surface area contributed by atoms with Crippen LogP contribution in [0.25, 0.3) is 0 Å². The molecular formula is C13H13NO4S. The smallest absolute Gasteiger partial charge is 0.258 e. The van der Waals surface area contributed by atoms with E-state index in [0.717, 1.165) is 11.8 Å². The minimum absolute atomic E-state index is 0.167. The van der Waals surface area contributed by atoms with Crippen molar-refractivity contribution in [3.8, 4) is 0 Å². The van der Waals surface area contributed by atoms with E-state index < -0.39 is 9.84 Å². The third-order valence-corrected chi connectivity index (χ3v) is 3.78. The summed E-state index contributed by atoms with van der Waals surface area (Å²) in [5.41, 5.74) is 1.63. The maximum atomic E-state index is 11.9. The Morgan fingerprint density at radius 1 is 1.26 bits per heavy atom. The Morgan fingerprint density at radius 3 is 2.58 bits per heavy atom. The number of hydrogen-bond acceptors (Lipinski definition) is 4. The molecule has 19 heavy (non-hydrogen) atoms. The van der Waals surface area contributed by atoms with Gasteiger partial charge in [-0.25, -0.2) is 8.42 Å². The van der Waals surface area contributed by atoms with E-state index in [1.807, 2.05) is 0 Å². The molecule has 1 heterocycles. The number of rotatable bonds is 3. The quantitative estimate of drug-likeness (QED) is 0.934. The summed E-state index contributed by atoms with van der Waals surface area (Å²) in [7, 11) is -3.30. The number of benzene rings is 1. The molecule has 1 aromatic carbocycles. The number of nitrogens with one attached hydrogen (secondary N) is 1. The molecular weight excluding hydrogens is 266 g/mol. The van der Waals surface area contributed by atoms with Crippen LogP contribution in [0.2, 0.25) is 0 Å². The maximum Gasteiger partial charge on any atom is 0.258 e. The highest BCUT2D eigenvalue weighted by atomic mass is 32.2. The fraction of sp³-hybridized carbons (Fsp3) is 0.154. The predicted octanol–water partition coefficient (Wildman–Crippen LogP) is 2.24. The van der Waals surface area contributed by atoms with Crippen molar-refractivity contribution in [2.45, 2.75) is 11.8 Å². The molecule has 6 heteroatoms. The lowest BCUT2D eigenvalue weighted by atomic mass is 10.2. The highest BCUT2D eigenvalue weighted by molar-refractivity contribution is 7.90. The van der Waals surface area contributed by atoms with Crippen molar-refractivity contribution in [1.82, 2.24) is 0 Å². The van der Waals surface area contributed by atoms with Crippen LogP contribution in [0, 0.1) is 6.92 Å². The van der Waals surface area contributed by atoms with Crippen molar-refractivity contribution in [3.63, 3.8) is 0 Å². The van der Waals surface area contributed by atoms with Gasteiger partial charge in [-0.2, -0.15) is 0 Å². The van der Waals surface area contributed by atoms with Crippen molar-refractivity contribution < 1.29 is 17.6 Å². The van der Waals surface area contributed by atoms with E-state index >= 15 is 0 Å². The molecule has 0 radical (unpaired) electrons. The highest BCUT2D eigenvalue weighted by Crippen LogP contribution is 2.21. The standard InChI is InChI=1S/C13H13NO4S/c1-9-3-4-11(19(2,16)17)7-12(9)14-13(15)10-5-6-18-8-10/h3-8H,1-2H3,(H,14,15). The van der Waals surface area contributed by atoms with Crippen molar-refractivity contribution >= 4 is 21.4 Å². The predicted molar refractivity (Wildman–Crippen MR) is 71.0 cm³/mol. The first kappa shape index (κ1) is 13.4. The number of anilines is 1. The van der Waals surface area contributed by atoms with Gasteiger partial charge in [-0.3, -0.25) is 4.79 Å². The Morgan fingerprint density at radius 2 is 2.00 bits per heavy atom. The monoisotopic (exact) mass is 279 g/mol. The van der Waals surface area contributed by atoms with Crippen LogP contribution in [-0.2, 0) is 9.84 Å². The molecule has 0 unspecified atom stereocenters. The molecule has 2 rings (SSSR count). The first-order valence-corrected chi connectivity index (χ1v) is 7.41. The van der Waals surface area contributed by atoms with E-state index in [1.54, 1.807) is 13.0 Å². The summed E-state index contributed by atoms with van der Waals surface area (Å²) in [4.78, 5) is 12.0. The normalized spacial score (nSPS) is 11.3. The summed E-state index contributed by atoms with van der Waals surface area (Å²) in [6.07, 6.45) is 3.85. The van der Waals surface area contributed by atoms with Gasteiger partial charge in [0.25, 0.3) is 5.91 Å². The van der Waals surface area contributed by atoms with Crippen LogP contribution >= 0.6 is 0 Å². The molecule has 0 atom stereocenters. The van der Waals surface area contributed by atoms with Gasteiger partial charge >= 0.3 is 0 Å². The number of hydrogen-bond donors (Lipinski definition) is 1. The highest BCUT2D eigenvalue weighted by Gasteiger charge is 2.12. The number of amides is 1. The third-order valence-electron chi connectivity index (χ3n) is 2.67. The number of aryl methyl sites for hydroxylation is 1. The van der Waals surface area contributed by atoms with E-state index in [0.29, 0.717) is 11.3 Å². The van der Waals surface area contributed by atoms with Gasteiger partial charge in [0.05, 0.1) is 16.7 Å². The average molecular weight is 279 g/mol. The van der Waals surface area contributed by atoms with Gasteiger partial charge in [0.15, 0.2) is 9.84 Å². The van der Waals surface area contributed by atoms with Crippen LogP contribution in [0.15, 0.2) is 46.1 Å². The lowest BCUT2D eigenvalue weighted by molar-refractivity contribution is 0.102. The van der Waals surface area contributed by atoms with Crippen molar-refractivity contribution in [3.05, 3.63) is 47.9 Å². The molecule has 100 valence electrons. The van der Waals surface area contributed by atoms with Crippen LogP contribution in [0.1, 0.15) is 15.9 Å². The molecule has 0 bridgehead atoms. The molecule has 2 aromatic rings. The lowest BCUT2D eigenvalue weighted by Crippen LogP contribution is -2.12. The average Bonchev–Trinajstić information content (AvgIpc) is 2.84. The van der Waals surface area contributed by atoms with Crippen molar-refractivity contribution in [1.29, 1.82) is 0 Å².